The van der Waals surface area contributed by atoms with E-state index in [0.717, 1.165) is 15.6 Å². The summed E-state index contributed by atoms with van der Waals surface area (Å²) in [5, 5.41) is 0. The summed E-state index contributed by atoms with van der Waals surface area (Å²) in [4.78, 5) is 0. The van der Waals surface area contributed by atoms with E-state index >= 15 is 0 Å². The topological polar surface area (TPSA) is 36.9 Å². The molecule has 0 fully saturated rings. The minimum absolute atomic E-state index is 0.653. The third kappa shape index (κ3) is 2.93. The lowest BCUT2D eigenvalue weighted by atomic mass is 10.0. The second-order valence-corrected chi connectivity index (χ2v) is 5.08. The van der Waals surface area contributed by atoms with Crippen LogP contribution in [0.4, 0.5) is 0 Å². The Morgan fingerprint density at radius 1 is 0.714 bits per heavy atom. The summed E-state index contributed by atoms with van der Waals surface area (Å²) in [6, 6.07) is 9.51. The average molecular weight is 353 g/mol. The molecular formula is C16H17BrO4. The van der Waals surface area contributed by atoms with Crippen LogP contribution in [0.3, 0.4) is 0 Å². The van der Waals surface area contributed by atoms with Gasteiger partial charge in [-0.3, -0.25) is 0 Å². The molecule has 0 amide bonds. The molecule has 112 valence electrons. The maximum atomic E-state index is 5.49. The lowest BCUT2D eigenvalue weighted by Gasteiger charge is -2.16. The Labute approximate surface area is 132 Å². The molecule has 2 aromatic carbocycles. The zero-order chi connectivity index (χ0) is 15.4. The Balaban J connectivity index is 2.67. The molecule has 2 rings (SSSR count). The first-order chi connectivity index (χ1) is 10.2. The molecule has 0 saturated carbocycles. The second kappa shape index (κ2) is 6.72. The van der Waals surface area contributed by atoms with Gasteiger partial charge in [-0.15, -0.1) is 0 Å². The van der Waals surface area contributed by atoms with E-state index in [-0.39, 0.29) is 0 Å². The number of para-hydroxylation sites is 1. The van der Waals surface area contributed by atoms with E-state index in [2.05, 4.69) is 15.9 Å². The first kappa shape index (κ1) is 15.5. The summed E-state index contributed by atoms with van der Waals surface area (Å²) < 4.78 is 22.4. The fourth-order valence-electron chi connectivity index (χ4n) is 2.16. The highest BCUT2D eigenvalue weighted by atomic mass is 79.9. The van der Waals surface area contributed by atoms with Crippen molar-refractivity contribution in [2.45, 2.75) is 0 Å². The monoisotopic (exact) mass is 352 g/mol. The Bertz CT molecular complexity index is 640. The van der Waals surface area contributed by atoms with Crippen molar-refractivity contribution in [3.8, 4) is 34.1 Å². The van der Waals surface area contributed by atoms with Crippen LogP contribution in [0.15, 0.2) is 34.8 Å². The Morgan fingerprint density at radius 2 is 1.33 bits per heavy atom. The molecule has 0 atom stereocenters. The van der Waals surface area contributed by atoms with E-state index in [1.54, 1.807) is 28.4 Å². The molecule has 5 heteroatoms. The number of ether oxygens (including phenoxy) is 4. The third-order valence-corrected chi connectivity index (χ3v) is 3.82. The molecule has 0 aliphatic carbocycles. The molecule has 0 aliphatic rings. The minimum Gasteiger partial charge on any atom is -0.493 e. The van der Waals surface area contributed by atoms with Crippen LogP contribution in [0.25, 0.3) is 11.1 Å². The highest BCUT2D eigenvalue weighted by molar-refractivity contribution is 9.10. The van der Waals surface area contributed by atoms with Crippen LogP contribution in [-0.4, -0.2) is 28.4 Å². The van der Waals surface area contributed by atoms with Crippen molar-refractivity contribution < 1.29 is 18.9 Å². The zero-order valence-electron chi connectivity index (χ0n) is 12.4. The van der Waals surface area contributed by atoms with Crippen molar-refractivity contribution in [1.82, 2.24) is 0 Å². The molecule has 0 aliphatic heterocycles. The van der Waals surface area contributed by atoms with Crippen molar-refractivity contribution in [3.63, 3.8) is 0 Å². The predicted octanol–water partition coefficient (Wildman–Crippen LogP) is 4.15. The zero-order valence-corrected chi connectivity index (χ0v) is 14.0. The van der Waals surface area contributed by atoms with Gasteiger partial charge < -0.3 is 18.9 Å². The van der Waals surface area contributed by atoms with E-state index in [1.165, 1.54) is 0 Å². The lowest BCUT2D eigenvalue weighted by Crippen LogP contribution is -1.95. The Hall–Kier alpha value is -1.88. The number of halogens is 1. The first-order valence-electron chi connectivity index (χ1n) is 6.29. The van der Waals surface area contributed by atoms with Gasteiger partial charge in [-0.1, -0.05) is 28.1 Å². The van der Waals surface area contributed by atoms with Crippen molar-refractivity contribution in [2.75, 3.05) is 28.4 Å². The molecular weight excluding hydrogens is 336 g/mol. The maximum absolute atomic E-state index is 5.49. The molecule has 0 radical (unpaired) electrons. The quantitative estimate of drug-likeness (QED) is 0.809. The first-order valence-corrected chi connectivity index (χ1v) is 7.08. The van der Waals surface area contributed by atoms with Crippen LogP contribution >= 0.6 is 15.9 Å². The van der Waals surface area contributed by atoms with Crippen molar-refractivity contribution in [3.05, 3.63) is 34.8 Å². The highest BCUT2D eigenvalue weighted by Gasteiger charge is 2.17. The fraction of sp³-hybridized carbons (Fsp3) is 0.250. The SMILES string of the molecule is COc1cc(Br)c(-c2cccc(OC)c2OC)cc1OC. The number of rotatable bonds is 5. The summed E-state index contributed by atoms with van der Waals surface area (Å²) in [5.74, 6) is 2.67. The van der Waals surface area contributed by atoms with Crippen LogP contribution in [-0.2, 0) is 0 Å². The Kier molecular flexibility index (Phi) is 4.96. The van der Waals surface area contributed by atoms with Gasteiger partial charge in [-0.2, -0.15) is 0 Å². The molecule has 0 heterocycles. The van der Waals surface area contributed by atoms with Crippen molar-refractivity contribution >= 4 is 15.9 Å². The minimum atomic E-state index is 0.653. The number of hydrogen-bond donors (Lipinski definition) is 0. The highest BCUT2D eigenvalue weighted by Crippen LogP contribution is 2.44. The average Bonchev–Trinajstić information content (AvgIpc) is 2.53. The number of methoxy groups -OCH3 is 4. The molecule has 21 heavy (non-hydrogen) atoms. The van der Waals surface area contributed by atoms with Gasteiger partial charge in [-0.25, -0.2) is 0 Å². The van der Waals surface area contributed by atoms with E-state index in [0.29, 0.717) is 23.0 Å². The summed E-state index contributed by atoms with van der Waals surface area (Å²) in [5.41, 5.74) is 1.84. The summed E-state index contributed by atoms with van der Waals surface area (Å²) >= 11 is 3.57. The molecule has 0 spiro atoms. The van der Waals surface area contributed by atoms with Gasteiger partial charge in [0.2, 0.25) is 0 Å². The standard InChI is InChI=1S/C16H17BrO4/c1-18-13-7-5-6-10(16(13)21-4)11-8-14(19-2)15(20-3)9-12(11)17/h5-9H,1-4H3. The van der Waals surface area contributed by atoms with E-state index < -0.39 is 0 Å². The van der Waals surface area contributed by atoms with Crippen LogP contribution in [0.5, 0.6) is 23.0 Å². The fourth-order valence-corrected chi connectivity index (χ4v) is 2.70. The second-order valence-electron chi connectivity index (χ2n) is 4.23. The molecule has 0 saturated heterocycles. The predicted molar refractivity (Wildman–Crippen MR) is 85.8 cm³/mol. The van der Waals surface area contributed by atoms with E-state index in [4.69, 9.17) is 18.9 Å². The molecule has 2 aromatic rings. The van der Waals surface area contributed by atoms with Gasteiger partial charge >= 0.3 is 0 Å². The van der Waals surface area contributed by atoms with Gasteiger partial charge in [0.15, 0.2) is 23.0 Å². The van der Waals surface area contributed by atoms with Gasteiger partial charge in [-0.05, 0) is 18.2 Å². The normalized spacial score (nSPS) is 10.1. The number of benzene rings is 2. The molecule has 0 unspecified atom stereocenters. The van der Waals surface area contributed by atoms with Gasteiger partial charge in [0.1, 0.15) is 0 Å². The summed E-state index contributed by atoms with van der Waals surface area (Å²) in [7, 11) is 6.45. The van der Waals surface area contributed by atoms with E-state index in [1.807, 2.05) is 30.3 Å². The summed E-state index contributed by atoms with van der Waals surface area (Å²) in [6.45, 7) is 0. The maximum Gasteiger partial charge on any atom is 0.168 e. The van der Waals surface area contributed by atoms with Gasteiger partial charge in [0, 0.05) is 15.6 Å². The van der Waals surface area contributed by atoms with Gasteiger partial charge in [0.05, 0.1) is 28.4 Å². The van der Waals surface area contributed by atoms with Crippen LogP contribution in [0.2, 0.25) is 0 Å². The number of hydrogen-bond acceptors (Lipinski definition) is 4. The van der Waals surface area contributed by atoms with Crippen molar-refractivity contribution in [1.29, 1.82) is 0 Å². The summed E-state index contributed by atoms with van der Waals surface area (Å²) in [6.07, 6.45) is 0. The molecule has 0 bridgehead atoms. The van der Waals surface area contributed by atoms with E-state index in [9.17, 15) is 0 Å². The van der Waals surface area contributed by atoms with Crippen molar-refractivity contribution in [2.24, 2.45) is 0 Å². The lowest BCUT2D eigenvalue weighted by molar-refractivity contribution is 0.354. The largest absolute Gasteiger partial charge is 0.493 e. The van der Waals surface area contributed by atoms with Crippen LogP contribution in [0, 0.1) is 0 Å². The van der Waals surface area contributed by atoms with Crippen LogP contribution < -0.4 is 18.9 Å². The van der Waals surface area contributed by atoms with Gasteiger partial charge in [0.25, 0.3) is 0 Å². The molecule has 0 aromatic heterocycles. The molecule has 4 nitrogen and oxygen atoms in total. The van der Waals surface area contributed by atoms with Crippen LogP contribution in [0.1, 0.15) is 0 Å². The third-order valence-electron chi connectivity index (χ3n) is 3.17. The molecule has 0 N–H and O–H groups in total. The smallest absolute Gasteiger partial charge is 0.168 e. The Morgan fingerprint density at radius 3 is 1.90 bits per heavy atom.